The number of anilines is 1. The Hall–Kier alpha value is -1.46. The number of nitrogens with zero attached hydrogens (tertiary/aromatic N) is 2. The van der Waals surface area contributed by atoms with E-state index in [1.807, 2.05) is 31.2 Å². The Bertz CT molecular complexity index is 750. The van der Waals surface area contributed by atoms with E-state index in [2.05, 4.69) is 21.0 Å². The van der Waals surface area contributed by atoms with Crippen LogP contribution in [0.4, 0.5) is 5.82 Å². The molecule has 3 aromatic rings. The molecule has 0 radical (unpaired) electrons. The molecular formula is C13H11BrClN3O. The van der Waals surface area contributed by atoms with Crippen LogP contribution in [0, 0.1) is 0 Å². The van der Waals surface area contributed by atoms with Crippen LogP contribution in [0.15, 0.2) is 39.4 Å². The van der Waals surface area contributed by atoms with Gasteiger partial charge in [-0.1, -0.05) is 27.5 Å². The van der Waals surface area contributed by atoms with Crippen molar-refractivity contribution in [2.24, 2.45) is 0 Å². The lowest BCUT2D eigenvalue weighted by molar-refractivity contribution is 0.449. The van der Waals surface area contributed by atoms with E-state index in [4.69, 9.17) is 21.8 Å². The van der Waals surface area contributed by atoms with Gasteiger partial charge < -0.3 is 10.2 Å². The molecule has 6 heteroatoms. The minimum atomic E-state index is -0.112. The molecule has 0 aliphatic rings. The number of aromatic nitrogens is 2. The van der Waals surface area contributed by atoms with E-state index in [1.165, 1.54) is 6.20 Å². The number of nitrogen functional groups attached to an aromatic ring is 1. The van der Waals surface area contributed by atoms with Crippen molar-refractivity contribution in [1.82, 2.24) is 9.78 Å². The van der Waals surface area contributed by atoms with Gasteiger partial charge in [-0.05, 0) is 31.2 Å². The largest absolute Gasteiger partial charge is 0.459 e. The van der Waals surface area contributed by atoms with Crippen LogP contribution in [0.1, 0.15) is 18.7 Å². The van der Waals surface area contributed by atoms with Crippen molar-refractivity contribution in [2.75, 3.05) is 5.73 Å². The van der Waals surface area contributed by atoms with E-state index < -0.39 is 0 Å². The summed E-state index contributed by atoms with van der Waals surface area (Å²) in [5, 5.41) is 5.65. The number of benzene rings is 1. The molecule has 0 saturated carbocycles. The Morgan fingerprint density at radius 1 is 1.42 bits per heavy atom. The van der Waals surface area contributed by atoms with E-state index in [9.17, 15) is 0 Å². The van der Waals surface area contributed by atoms with Crippen LogP contribution in [-0.4, -0.2) is 9.78 Å². The van der Waals surface area contributed by atoms with Crippen molar-refractivity contribution < 1.29 is 4.42 Å². The van der Waals surface area contributed by atoms with Crippen molar-refractivity contribution in [1.29, 1.82) is 0 Å². The Balaban J connectivity index is 2.06. The lowest BCUT2D eigenvalue weighted by Crippen LogP contribution is -2.10. The number of halogens is 2. The van der Waals surface area contributed by atoms with Gasteiger partial charge in [0.2, 0.25) is 0 Å². The molecule has 0 amide bonds. The Morgan fingerprint density at radius 3 is 2.89 bits per heavy atom. The third-order valence-electron chi connectivity index (χ3n) is 3.06. The van der Waals surface area contributed by atoms with Crippen molar-refractivity contribution in [3.63, 3.8) is 0 Å². The van der Waals surface area contributed by atoms with E-state index in [0.717, 1.165) is 21.2 Å². The summed E-state index contributed by atoms with van der Waals surface area (Å²) in [5.74, 6) is 1.23. The average Bonchev–Trinajstić information content (AvgIpc) is 2.93. The topological polar surface area (TPSA) is 57.0 Å². The van der Waals surface area contributed by atoms with E-state index in [-0.39, 0.29) is 6.04 Å². The average molecular weight is 341 g/mol. The maximum Gasteiger partial charge on any atom is 0.141 e. The molecule has 0 aliphatic heterocycles. The predicted molar refractivity (Wildman–Crippen MR) is 79.4 cm³/mol. The predicted octanol–water partition coefficient (Wildman–Crippen LogP) is 4.24. The van der Waals surface area contributed by atoms with Crippen molar-refractivity contribution in [3.05, 3.63) is 45.7 Å². The third-order valence-corrected chi connectivity index (χ3v) is 3.85. The molecule has 2 N–H and O–H groups in total. The van der Waals surface area contributed by atoms with Crippen LogP contribution < -0.4 is 5.73 Å². The number of hydrogen-bond acceptors (Lipinski definition) is 3. The second-order valence-corrected chi connectivity index (χ2v) is 5.65. The zero-order chi connectivity index (χ0) is 13.6. The first kappa shape index (κ1) is 12.6. The van der Waals surface area contributed by atoms with E-state index >= 15 is 0 Å². The van der Waals surface area contributed by atoms with Crippen molar-refractivity contribution in [2.45, 2.75) is 13.0 Å². The summed E-state index contributed by atoms with van der Waals surface area (Å²) < 4.78 is 8.49. The van der Waals surface area contributed by atoms with Crippen LogP contribution in [0.5, 0.6) is 0 Å². The molecule has 1 atom stereocenters. The van der Waals surface area contributed by atoms with Crippen molar-refractivity contribution >= 4 is 44.3 Å². The monoisotopic (exact) mass is 339 g/mol. The smallest absolute Gasteiger partial charge is 0.141 e. The van der Waals surface area contributed by atoms with Crippen LogP contribution >= 0.6 is 27.5 Å². The molecule has 4 nitrogen and oxygen atoms in total. The molecule has 19 heavy (non-hydrogen) atoms. The minimum absolute atomic E-state index is 0.112. The van der Waals surface area contributed by atoms with Gasteiger partial charge in [0.15, 0.2) is 0 Å². The standard InChI is InChI=1S/C13H11BrClN3O/c1-7(18-13(16)10(15)6-17-18)12-5-8-4-9(14)2-3-11(8)19-12/h2-7H,16H2,1H3. The zero-order valence-corrected chi connectivity index (χ0v) is 12.4. The van der Waals surface area contributed by atoms with Gasteiger partial charge in [-0.2, -0.15) is 5.10 Å². The highest BCUT2D eigenvalue weighted by molar-refractivity contribution is 9.10. The second kappa shape index (κ2) is 4.58. The molecule has 0 saturated heterocycles. The molecule has 1 unspecified atom stereocenters. The van der Waals surface area contributed by atoms with E-state index in [0.29, 0.717) is 10.8 Å². The summed E-state index contributed by atoms with van der Waals surface area (Å²) in [4.78, 5) is 0. The van der Waals surface area contributed by atoms with Gasteiger partial charge in [0.25, 0.3) is 0 Å². The minimum Gasteiger partial charge on any atom is -0.459 e. The number of furan rings is 1. The fourth-order valence-corrected chi connectivity index (χ4v) is 2.53. The van der Waals surface area contributed by atoms with Gasteiger partial charge in [0, 0.05) is 9.86 Å². The fourth-order valence-electron chi connectivity index (χ4n) is 2.02. The van der Waals surface area contributed by atoms with Gasteiger partial charge in [-0.3, -0.25) is 0 Å². The highest BCUT2D eigenvalue weighted by Crippen LogP contribution is 2.30. The molecule has 0 aliphatic carbocycles. The highest BCUT2D eigenvalue weighted by atomic mass is 79.9. The lowest BCUT2D eigenvalue weighted by Gasteiger charge is -2.10. The van der Waals surface area contributed by atoms with Crippen LogP contribution in [-0.2, 0) is 0 Å². The van der Waals surface area contributed by atoms with E-state index in [1.54, 1.807) is 4.68 Å². The highest BCUT2D eigenvalue weighted by Gasteiger charge is 2.17. The summed E-state index contributed by atoms with van der Waals surface area (Å²) in [6.07, 6.45) is 1.53. The van der Waals surface area contributed by atoms with Gasteiger partial charge in [0.05, 0.1) is 6.20 Å². The summed E-state index contributed by atoms with van der Waals surface area (Å²) in [7, 11) is 0. The summed E-state index contributed by atoms with van der Waals surface area (Å²) in [6, 6.07) is 7.75. The van der Waals surface area contributed by atoms with Crippen molar-refractivity contribution in [3.8, 4) is 0 Å². The molecule has 98 valence electrons. The quantitative estimate of drug-likeness (QED) is 0.759. The molecule has 0 fully saturated rings. The molecule has 3 rings (SSSR count). The van der Waals surface area contributed by atoms with Crippen LogP contribution in [0.2, 0.25) is 5.02 Å². The molecule has 0 spiro atoms. The van der Waals surface area contributed by atoms with Gasteiger partial charge >= 0.3 is 0 Å². The van der Waals surface area contributed by atoms with Gasteiger partial charge in [0.1, 0.15) is 28.2 Å². The fraction of sp³-hybridized carbons (Fsp3) is 0.154. The van der Waals surface area contributed by atoms with Crippen LogP contribution in [0.25, 0.3) is 11.0 Å². The molecule has 2 heterocycles. The first-order chi connectivity index (χ1) is 9.06. The number of nitrogens with two attached hydrogens (primary N) is 1. The van der Waals surface area contributed by atoms with Crippen LogP contribution in [0.3, 0.4) is 0 Å². The molecular weight excluding hydrogens is 330 g/mol. The first-order valence-corrected chi connectivity index (χ1v) is 6.91. The van der Waals surface area contributed by atoms with Gasteiger partial charge in [-0.25, -0.2) is 4.68 Å². The summed E-state index contributed by atoms with van der Waals surface area (Å²) in [6.45, 7) is 1.96. The normalized spacial score (nSPS) is 13.0. The zero-order valence-electron chi connectivity index (χ0n) is 10.1. The number of rotatable bonds is 2. The molecule has 1 aromatic carbocycles. The Labute approximate surface area is 123 Å². The Kier molecular flexibility index (Phi) is 3.03. The summed E-state index contributed by atoms with van der Waals surface area (Å²) in [5.41, 5.74) is 6.71. The third kappa shape index (κ3) is 2.13. The summed E-state index contributed by atoms with van der Waals surface area (Å²) >= 11 is 9.36. The first-order valence-electron chi connectivity index (χ1n) is 5.73. The van der Waals surface area contributed by atoms with Gasteiger partial charge in [-0.15, -0.1) is 0 Å². The Morgan fingerprint density at radius 2 is 2.21 bits per heavy atom. The number of hydrogen-bond donors (Lipinski definition) is 1. The lowest BCUT2D eigenvalue weighted by atomic mass is 10.2. The molecule has 2 aromatic heterocycles. The second-order valence-electron chi connectivity index (χ2n) is 4.33. The molecule has 0 bridgehead atoms. The maximum absolute atomic E-state index is 5.92. The SMILES string of the molecule is CC(c1cc2cc(Br)ccc2o1)n1ncc(Cl)c1N. The number of fused-ring (bicyclic) bond motifs is 1. The maximum atomic E-state index is 5.92.